The minimum absolute atomic E-state index is 0.0791. The van der Waals surface area contributed by atoms with E-state index < -0.39 is 11.8 Å². The number of nitriles is 1. The number of carbonyl (C=O) groups is 2. The Morgan fingerprint density at radius 3 is 2.50 bits per heavy atom. The fourth-order valence-corrected chi connectivity index (χ4v) is 5.16. The second-order valence-electron chi connectivity index (χ2n) is 8.13. The van der Waals surface area contributed by atoms with Crippen molar-refractivity contribution in [2.45, 2.75) is 25.3 Å². The molecule has 3 heterocycles. The number of benzene rings is 2. The number of imide groups is 1. The predicted octanol–water partition coefficient (Wildman–Crippen LogP) is 4.83. The van der Waals surface area contributed by atoms with Crippen LogP contribution < -0.4 is 4.90 Å². The number of halogens is 1. The number of azo groups is 1. The van der Waals surface area contributed by atoms with Gasteiger partial charge in [-0.1, -0.05) is 29.8 Å². The first-order valence-corrected chi connectivity index (χ1v) is 11.0. The molecule has 0 N–H and O–H groups in total. The predicted molar refractivity (Wildman–Crippen MR) is 119 cm³/mol. The van der Waals surface area contributed by atoms with Crippen LogP contribution in [0.3, 0.4) is 0 Å². The molecule has 2 aromatic carbocycles. The summed E-state index contributed by atoms with van der Waals surface area (Å²) in [4.78, 5) is 30.3. The molecule has 160 valence electrons. The minimum atomic E-state index is -0.718. The van der Waals surface area contributed by atoms with Crippen LogP contribution in [0, 0.1) is 23.2 Å². The summed E-state index contributed by atoms with van der Waals surface area (Å²) in [6.45, 7) is 0.695. The first-order chi connectivity index (χ1) is 15.6. The van der Waals surface area contributed by atoms with Gasteiger partial charge in [0, 0.05) is 17.6 Å². The quantitative estimate of drug-likeness (QED) is 0.384. The van der Waals surface area contributed by atoms with Crippen molar-refractivity contribution in [3.05, 3.63) is 71.0 Å². The summed E-state index contributed by atoms with van der Waals surface area (Å²) in [6, 6.07) is 17.8. The molecule has 0 aromatic heterocycles. The molecule has 5 rings (SSSR count). The average Bonchev–Trinajstić information content (AvgIpc) is 3.29. The largest absolute Gasteiger partial charge is 0.368 e. The third-order valence-electron chi connectivity index (χ3n) is 6.37. The number of hydrogen-bond acceptors (Lipinski definition) is 6. The Hall–Kier alpha value is -3.50. The van der Waals surface area contributed by atoms with E-state index in [-0.39, 0.29) is 23.6 Å². The van der Waals surface area contributed by atoms with Crippen LogP contribution >= 0.6 is 11.6 Å². The maximum Gasteiger partial charge on any atom is 0.243 e. The van der Waals surface area contributed by atoms with Crippen molar-refractivity contribution in [1.82, 2.24) is 4.90 Å². The number of anilines is 1. The highest BCUT2D eigenvalue weighted by Gasteiger charge is 2.61. The van der Waals surface area contributed by atoms with Gasteiger partial charge in [0.15, 0.2) is 5.70 Å². The first kappa shape index (κ1) is 20.4. The molecule has 2 aromatic rings. The molecule has 0 unspecified atom stereocenters. The Bertz CT molecular complexity index is 1170. The number of rotatable bonds is 3. The number of allylic oxidation sites excluding steroid dienone is 1. The van der Waals surface area contributed by atoms with Gasteiger partial charge >= 0.3 is 0 Å². The zero-order valence-electron chi connectivity index (χ0n) is 17.2. The second kappa shape index (κ2) is 8.21. The molecule has 0 spiro atoms. The number of amides is 2. The Labute approximate surface area is 190 Å². The van der Waals surface area contributed by atoms with Crippen molar-refractivity contribution < 1.29 is 9.59 Å². The fraction of sp³-hybridized carbons (Fsp3) is 0.292. The molecule has 3 aliphatic rings. The molecule has 7 nitrogen and oxygen atoms in total. The summed E-state index contributed by atoms with van der Waals surface area (Å²) in [6.07, 6.45) is 2.73. The molecule has 0 aliphatic carbocycles. The van der Waals surface area contributed by atoms with Crippen molar-refractivity contribution in [2.75, 3.05) is 11.4 Å². The lowest BCUT2D eigenvalue weighted by atomic mass is 9.88. The van der Waals surface area contributed by atoms with Crippen LogP contribution in [0.5, 0.6) is 0 Å². The monoisotopic (exact) mass is 445 g/mol. The van der Waals surface area contributed by atoms with Gasteiger partial charge in [-0.3, -0.25) is 9.59 Å². The van der Waals surface area contributed by atoms with E-state index in [0.29, 0.717) is 28.6 Å². The number of fused-ring (bicyclic) bond motifs is 3. The summed E-state index contributed by atoms with van der Waals surface area (Å²) in [7, 11) is 0. The van der Waals surface area contributed by atoms with Crippen LogP contribution in [0.2, 0.25) is 5.02 Å². The molecular weight excluding hydrogens is 426 g/mol. The van der Waals surface area contributed by atoms with Gasteiger partial charge in [-0.2, -0.15) is 5.26 Å². The highest BCUT2D eigenvalue weighted by atomic mass is 35.5. The van der Waals surface area contributed by atoms with Gasteiger partial charge < -0.3 is 4.90 Å². The number of carbonyl (C=O) groups excluding carboxylic acids is 2. The maximum atomic E-state index is 13.5. The van der Waals surface area contributed by atoms with Gasteiger partial charge in [-0.15, -0.1) is 10.2 Å². The van der Waals surface area contributed by atoms with Crippen LogP contribution in [0.25, 0.3) is 0 Å². The highest BCUT2D eigenvalue weighted by Crippen LogP contribution is 2.50. The van der Waals surface area contributed by atoms with Crippen molar-refractivity contribution in [1.29, 1.82) is 5.26 Å². The van der Waals surface area contributed by atoms with Crippen molar-refractivity contribution in [3.8, 4) is 6.07 Å². The standard InChI is InChI=1S/C24H20ClN5O2/c25-15-9-11-16(12-10-15)27-28-18(14-26)22-21-20(19-8-4-5-13-29(19)22)23(31)30(24(21)32)17-6-2-1-3-7-17/h1-3,6-7,9-12,19-21H,4-5,8,13H2/b22-18-,28-27?/t19-,20+,21+/m1/s1. The van der Waals surface area contributed by atoms with Gasteiger partial charge in [-0.25, -0.2) is 4.90 Å². The summed E-state index contributed by atoms with van der Waals surface area (Å²) in [5.41, 5.74) is 1.71. The Morgan fingerprint density at radius 1 is 1.03 bits per heavy atom. The molecule has 32 heavy (non-hydrogen) atoms. The van der Waals surface area contributed by atoms with E-state index in [1.165, 1.54) is 4.90 Å². The SMILES string of the molecule is N#C/C(N=Nc1ccc(Cl)cc1)=C1\[C@H]2C(=O)N(c3ccccc3)C(=O)[C@H]2[C@H]2CCCCN12. The lowest BCUT2D eigenvalue weighted by Crippen LogP contribution is -2.42. The van der Waals surface area contributed by atoms with Crippen LogP contribution in [0.1, 0.15) is 19.3 Å². The molecule has 0 saturated carbocycles. The normalized spacial score (nSPS) is 26.3. The summed E-state index contributed by atoms with van der Waals surface area (Å²) in [5, 5.41) is 18.9. The Morgan fingerprint density at radius 2 is 1.78 bits per heavy atom. The number of nitrogens with zero attached hydrogens (tertiary/aromatic N) is 5. The van der Waals surface area contributed by atoms with Crippen LogP contribution in [-0.2, 0) is 9.59 Å². The molecule has 2 amide bonds. The smallest absolute Gasteiger partial charge is 0.243 e. The van der Waals surface area contributed by atoms with Gasteiger partial charge in [0.05, 0.1) is 28.9 Å². The Kier molecular flexibility index (Phi) is 5.24. The fourth-order valence-electron chi connectivity index (χ4n) is 5.04. The summed E-state index contributed by atoms with van der Waals surface area (Å²) < 4.78 is 0. The van der Waals surface area contributed by atoms with Crippen LogP contribution in [-0.4, -0.2) is 29.3 Å². The first-order valence-electron chi connectivity index (χ1n) is 10.6. The van der Waals surface area contributed by atoms with Crippen LogP contribution in [0.4, 0.5) is 11.4 Å². The third kappa shape index (κ3) is 3.28. The maximum absolute atomic E-state index is 13.5. The minimum Gasteiger partial charge on any atom is -0.368 e. The summed E-state index contributed by atoms with van der Waals surface area (Å²) >= 11 is 5.92. The molecule has 3 atom stereocenters. The highest BCUT2D eigenvalue weighted by molar-refractivity contribution is 6.30. The van der Waals surface area contributed by atoms with Crippen molar-refractivity contribution in [3.63, 3.8) is 0 Å². The van der Waals surface area contributed by atoms with E-state index in [1.54, 1.807) is 48.5 Å². The number of hydrogen-bond donors (Lipinski definition) is 0. The lowest BCUT2D eigenvalue weighted by Gasteiger charge is -2.35. The molecule has 3 saturated heterocycles. The van der Waals surface area contributed by atoms with Gasteiger partial charge in [-0.05, 0) is 55.7 Å². The topological polar surface area (TPSA) is 89.1 Å². The lowest BCUT2D eigenvalue weighted by molar-refractivity contribution is -0.123. The average molecular weight is 446 g/mol. The molecule has 0 radical (unpaired) electrons. The number of para-hydroxylation sites is 1. The molecule has 8 heteroatoms. The zero-order valence-corrected chi connectivity index (χ0v) is 17.9. The van der Waals surface area contributed by atoms with E-state index in [9.17, 15) is 14.9 Å². The zero-order chi connectivity index (χ0) is 22.2. The van der Waals surface area contributed by atoms with Gasteiger partial charge in [0.1, 0.15) is 6.07 Å². The van der Waals surface area contributed by atoms with Gasteiger partial charge in [0.25, 0.3) is 0 Å². The van der Waals surface area contributed by atoms with E-state index in [2.05, 4.69) is 21.2 Å². The molecule has 0 bridgehead atoms. The summed E-state index contributed by atoms with van der Waals surface area (Å²) in [5.74, 6) is -1.73. The second-order valence-corrected chi connectivity index (χ2v) is 8.57. The third-order valence-corrected chi connectivity index (χ3v) is 6.63. The Balaban J connectivity index is 1.59. The van der Waals surface area contributed by atoms with E-state index >= 15 is 0 Å². The van der Waals surface area contributed by atoms with Crippen molar-refractivity contribution >= 4 is 34.8 Å². The van der Waals surface area contributed by atoms with E-state index in [4.69, 9.17) is 11.6 Å². The van der Waals surface area contributed by atoms with Gasteiger partial charge in [0.2, 0.25) is 11.8 Å². The molecule has 3 aliphatic heterocycles. The van der Waals surface area contributed by atoms with Crippen LogP contribution in [0.15, 0.2) is 76.2 Å². The number of piperidine rings is 1. The van der Waals surface area contributed by atoms with Crippen molar-refractivity contribution in [2.24, 2.45) is 22.1 Å². The molecular formula is C24H20ClN5O2. The molecule has 3 fully saturated rings. The van der Waals surface area contributed by atoms with E-state index in [0.717, 1.165) is 19.3 Å². The van der Waals surface area contributed by atoms with E-state index in [1.807, 2.05) is 6.07 Å².